The maximum atomic E-state index is 9.34. The smallest absolute Gasteiger partial charge is 0.547 e. The van der Waals surface area contributed by atoms with E-state index in [1.807, 2.05) is 0 Å². The molecule has 0 spiro atoms. The van der Waals surface area contributed by atoms with Crippen molar-refractivity contribution in [1.82, 2.24) is 0 Å². The van der Waals surface area contributed by atoms with Gasteiger partial charge in [0.2, 0.25) is 0 Å². The summed E-state index contributed by atoms with van der Waals surface area (Å²) in [5.41, 5.74) is 0. The van der Waals surface area contributed by atoms with Gasteiger partial charge in [0, 0.05) is 0 Å². The summed E-state index contributed by atoms with van der Waals surface area (Å²) in [5.74, 6) is -2.87. The van der Waals surface area contributed by atoms with Crippen molar-refractivity contribution in [3.63, 3.8) is 0 Å². The summed E-state index contributed by atoms with van der Waals surface area (Å²) in [5, 5.41) is 34.6. The molecule has 0 saturated carbocycles. The molecule has 73 valence electrons. The van der Waals surface area contributed by atoms with Crippen molar-refractivity contribution < 1.29 is 30.0 Å². The van der Waals surface area contributed by atoms with Crippen LogP contribution in [0.25, 0.3) is 0 Å². The number of hydrogen-bond acceptors (Lipinski definition) is 6. The normalized spacial score (nSPS) is 12.6. The van der Waals surface area contributed by atoms with Gasteiger partial charge < -0.3 is 30.0 Å². The van der Waals surface area contributed by atoms with Crippen LogP contribution in [0.4, 0.5) is 0 Å². The number of aliphatic carboxylic acids is 2. The van der Waals surface area contributed by atoms with E-state index < -0.39 is 24.1 Å². The van der Waals surface area contributed by atoms with E-state index >= 15 is 0 Å². The Morgan fingerprint density at radius 1 is 1.00 bits per heavy atom. The molecule has 13 heavy (non-hydrogen) atoms. The number of rotatable bonds is 2. The Bertz CT molecular complexity index is 137. The van der Waals surface area contributed by atoms with Crippen LogP contribution in [-0.4, -0.2) is 42.8 Å². The first-order chi connectivity index (χ1) is 5.29. The van der Waals surface area contributed by atoms with Crippen molar-refractivity contribution in [2.45, 2.75) is 26.1 Å². The Labute approximate surface area is 77.4 Å². The second kappa shape index (κ2) is 9.02. The molecule has 0 aliphatic carbocycles. The van der Waals surface area contributed by atoms with Crippen molar-refractivity contribution in [3.8, 4) is 0 Å². The largest absolute Gasteiger partial charge is 2.00 e. The Hall–Kier alpha value is -1.08. The predicted octanol–water partition coefficient (Wildman–Crippen LogP) is -4.15. The second-order valence-corrected chi connectivity index (χ2v) is 1.99. The minimum atomic E-state index is -1.44. The summed E-state index contributed by atoms with van der Waals surface area (Å²) in [6.07, 6.45) is -2.69. The summed E-state index contributed by atoms with van der Waals surface area (Å²) in [4.78, 5) is 18.7. The van der Waals surface area contributed by atoms with Gasteiger partial charge in [-0.1, -0.05) is 0 Å². The van der Waals surface area contributed by atoms with Gasteiger partial charge in [0.05, 0.1) is 24.1 Å². The number of carbonyl (C=O) groups excluding carboxylic acids is 2. The number of carbonyl (C=O) groups is 2. The molecule has 2 N–H and O–H groups in total. The van der Waals surface area contributed by atoms with Gasteiger partial charge >= 0.3 is 8.41 Å². The number of hydrogen-bond donors (Lipinski definition) is 2. The maximum absolute atomic E-state index is 9.34. The van der Waals surface area contributed by atoms with Crippen LogP contribution >= 0.6 is 0 Å². The Morgan fingerprint density at radius 3 is 1.08 bits per heavy atom. The average molecular weight is 189 g/mol. The van der Waals surface area contributed by atoms with Crippen molar-refractivity contribution in [1.29, 1.82) is 0 Å². The van der Waals surface area contributed by atoms with Gasteiger partial charge in [-0.3, -0.25) is 0 Å². The van der Waals surface area contributed by atoms with E-state index in [9.17, 15) is 19.8 Å². The molecule has 0 saturated heterocycles. The minimum absolute atomic E-state index is 0. The van der Waals surface area contributed by atoms with Crippen molar-refractivity contribution in [2.75, 3.05) is 0 Å². The number of carboxylic acids is 2. The number of aliphatic hydroxyl groups excluding tert-OH is 2. The fourth-order valence-corrected chi connectivity index (χ4v) is 0. The van der Waals surface area contributed by atoms with Gasteiger partial charge in [0.1, 0.15) is 0 Å². The molecule has 0 amide bonds. The fraction of sp³-hybridized carbons (Fsp3) is 0.667. The summed E-state index contributed by atoms with van der Waals surface area (Å²) < 4.78 is 0. The first kappa shape index (κ1) is 17.9. The molecule has 0 fully saturated rings. The third-order valence-electron chi connectivity index (χ3n) is 0.682. The molecule has 1 radical (unpaired) electrons. The molecule has 7 heteroatoms. The summed E-state index contributed by atoms with van der Waals surface area (Å²) in [7, 11) is 0. The number of carboxylic acid groups (broad SMARTS) is 2. The van der Waals surface area contributed by atoms with E-state index in [1.54, 1.807) is 0 Å². The molecule has 2 unspecified atom stereocenters. The molecule has 2 atom stereocenters. The van der Waals surface area contributed by atoms with Crippen LogP contribution in [0.5, 0.6) is 0 Å². The van der Waals surface area contributed by atoms with Gasteiger partial charge in [0.15, 0.2) is 0 Å². The van der Waals surface area contributed by atoms with E-state index in [0.717, 1.165) is 13.8 Å². The first-order valence-electron chi connectivity index (χ1n) is 3.06. The number of aliphatic hydroxyl groups is 2. The molecule has 0 aliphatic rings. The van der Waals surface area contributed by atoms with Crippen LogP contribution in [0.3, 0.4) is 0 Å². The molecular weight excluding hydrogens is 179 g/mol. The van der Waals surface area contributed by atoms with Crippen LogP contribution < -0.4 is 10.2 Å². The average Bonchev–Trinajstić information content (AvgIpc) is 1.88. The molecule has 0 bridgehead atoms. The van der Waals surface area contributed by atoms with Crippen LogP contribution in [-0.2, 0) is 9.59 Å². The second-order valence-electron chi connectivity index (χ2n) is 1.99. The quantitative estimate of drug-likeness (QED) is 0.425. The molecule has 0 aromatic heterocycles. The zero-order chi connectivity index (χ0) is 10.3. The zero-order valence-corrected chi connectivity index (χ0v) is 7.26. The molecule has 0 rings (SSSR count). The summed E-state index contributed by atoms with van der Waals surface area (Å²) >= 11 is 0. The third-order valence-corrected chi connectivity index (χ3v) is 0.682. The molecule has 6 nitrogen and oxygen atoms in total. The fourth-order valence-electron chi connectivity index (χ4n) is 0. The van der Waals surface area contributed by atoms with Crippen LogP contribution in [0, 0.1) is 0 Å². The standard InChI is InChI=1S/2C3H6O3.B/c2*1-2(4)3(5)6;/h2*2,4H,1H3,(H,5,6);/q;;+2/p-2. The zero-order valence-electron chi connectivity index (χ0n) is 7.26. The monoisotopic (exact) mass is 189 g/mol. The Kier molecular flexibility index (Phi) is 12.4. The van der Waals surface area contributed by atoms with Crippen LogP contribution in [0.2, 0.25) is 0 Å². The van der Waals surface area contributed by atoms with Crippen molar-refractivity contribution in [3.05, 3.63) is 0 Å². The molecule has 0 aliphatic heterocycles. The van der Waals surface area contributed by atoms with E-state index in [4.69, 9.17) is 10.2 Å². The van der Waals surface area contributed by atoms with Gasteiger partial charge in [-0.05, 0) is 13.8 Å². The van der Waals surface area contributed by atoms with Crippen LogP contribution in [0.15, 0.2) is 0 Å². The molecular formula is C6H10BO6. The van der Waals surface area contributed by atoms with E-state index in [1.165, 1.54) is 0 Å². The van der Waals surface area contributed by atoms with Crippen molar-refractivity contribution in [2.24, 2.45) is 0 Å². The summed E-state index contributed by atoms with van der Waals surface area (Å²) in [6.45, 7) is 2.27. The van der Waals surface area contributed by atoms with Gasteiger partial charge in [-0.15, -0.1) is 0 Å². The topological polar surface area (TPSA) is 121 Å². The summed E-state index contributed by atoms with van der Waals surface area (Å²) in [6, 6.07) is 0. The minimum Gasteiger partial charge on any atom is -0.547 e. The Morgan fingerprint density at radius 2 is 1.08 bits per heavy atom. The molecule has 0 aromatic carbocycles. The Balaban J connectivity index is -0.000000143. The van der Waals surface area contributed by atoms with E-state index in [2.05, 4.69) is 0 Å². The van der Waals surface area contributed by atoms with Crippen molar-refractivity contribution >= 4 is 20.4 Å². The molecule has 0 heterocycles. The molecule has 0 aromatic rings. The maximum Gasteiger partial charge on any atom is 2.00 e. The SMILES string of the molecule is CC(O)C(=O)[O-].CC(O)C(=O)[O-].[B+2]. The van der Waals surface area contributed by atoms with E-state index in [-0.39, 0.29) is 8.41 Å². The third kappa shape index (κ3) is 18.1. The van der Waals surface area contributed by atoms with Gasteiger partial charge in [-0.25, -0.2) is 0 Å². The van der Waals surface area contributed by atoms with Gasteiger partial charge in [0.25, 0.3) is 0 Å². The predicted molar refractivity (Wildman–Crippen MR) is 39.1 cm³/mol. The van der Waals surface area contributed by atoms with Crippen LogP contribution in [0.1, 0.15) is 13.8 Å². The first-order valence-corrected chi connectivity index (χ1v) is 3.06. The van der Waals surface area contributed by atoms with E-state index in [0.29, 0.717) is 0 Å². The van der Waals surface area contributed by atoms with Gasteiger partial charge in [-0.2, -0.15) is 0 Å².